The van der Waals surface area contributed by atoms with Gasteiger partial charge in [0, 0.05) is 25.6 Å². The lowest BCUT2D eigenvalue weighted by atomic mass is 10.1. The molecule has 0 radical (unpaired) electrons. The Hall–Kier alpha value is -2.37. The maximum absolute atomic E-state index is 11.8. The Morgan fingerprint density at radius 1 is 1.29 bits per heavy atom. The zero-order valence-electron chi connectivity index (χ0n) is 12.2. The number of carboxylic acid groups (broad SMARTS) is 1. The third-order valence-corrected chi connectivity index (χ3v) is 2.91. The van der Waals surface area contributed by atoms with Crippen LogP contribution in [-0.2, 0) is 9.59 Å². The summed E-state index contributed by atoms with van der Waals surface area (Å²) in [5, 5.41) is 8.53. The van der Waals surface area contributed by atoms with E-state index in [9.17, 15) is 14.4 Å². The van der Waals surface area contributed by atoms with Crippen molar-refractivity contribution in [2.24, 2.45) is 0 Å². The molecular formula is C15H19NO5. The summed E-state index contributed by atoms with van der Waals surface area (Å²) >= 11 is 0. The minimum Gasteiger partial charge on any atom is -0.484 e. The highest BCUT2D eigenvalue weighted by molar-refractivity contribution is 5.94. The SMILES string of the molecule is CC(=O)c1cccc(OCC(=O)N(C)CCCC(=O)O)c1. The summed E-state index contributed by atoms with van der Waals surface area (Å²) in [6.07, 6.45) is 0.427. The molecule has 0 aliphatic heterocycles. The zero-order valence-corrected chi connectivity index (χ0v) is 12.2. The molecule has 1 amide bonds. The number of carbonyl (C=O) groups excluding carboxylic acids is 2. The molecule has 0 unspecified atom stereocenters. The van der Waals surface area contributed by atoms with Crippen LogP contribution >= 0.6 is 0 Å². The second-order valence-corrected chi connectivity index (χ2v) is 4.69. The van der Waals surface area contributed by atoms with Crippen molar-refractivity contribution in [2.45, 2.75) is 19.8 Å². The smallest absolute Gasteiger partial charge is 0.303 e. The summed E-state index contributed by atoms with van der Waals surface area (Å²) < 4.78 is 5.35. The maximum atomic E-state index is 11.8. The second-order valence-electron chi connectivity index (χ2n) is 4.69. The van der Waals surface area contributed by atoms with E-state index in [-0.39, 0.29) is 24.7 Å². The molecule has 1 aromatic rings. The number of carboxylic acids is 1. The molecule has 0 saturated carbocycles. The number of carbonyl (C=O) groups is 3. The van der Waals surface area contributed by atoms with Crippen molar-refractivity contribution in [1.82, 2.24) is 4.90 Å². The van der Waals surface area contributed by atoms with Gasteiger partial charge in [0.15, 0.2) is 12.4 Å². The molecule has 0 atom stereocenters. The number of likely N-dealkylation sites (N-methyl/N-ethyl adjacent to an activating group) is 1. The quantitative estimate of drug-likeness (QED) is 0.736. The molecule has 1 N–H and O–H groups in total. The van der Waals surface area contributed by atoms with Crippen LogP contribution in [-0.4, -0.2) is 47.9 Å². The molecule has 21 heavy (non-hydrogen) atoms. The van der Waals surface area contributed by atoms with Gasteiger partial charge in [-0.3, -0.25) is 14.4 Å². The number of hydrogen-bond donors (Lipinski definition) is 1. The molecule has 0 aliphatic carbocycles. The Morgan fingerprint density at radius 3 is 2.62 bits per heavy atom. The van der Waals surface area contributed by atoms with Crippen molar-refractivity contribution in [1.29, 1.82) is 0 Å². The van der Waals surface area contributed by atoms with Gasteiger partial charge in [-0.05, 0) is 25.5 Å². The van der Waals surface area contributed by atoms with Crippen molar-refractivity contribution in [3.8, 4) is 5.75 Å². The van der Waals surface area contributed by atoms with Gasteiger partial charge in [0.2, 0.25) is 0 Å². The maximum Gasteiger partial charge on any atom is 0.303 e. The van der Waals surface area contributed by atoms with E-state index < -0.39 is 5.97 Å². The number of ketones is 1. The molecule has 6 nitrogen and oxygen atoms in total. The van der Waals surface area contributed by atoms with Gasteiger partial charge < -0.3 is 14.7 Å². The molecular weight excluding hydrogens is 274 g/mol. The molecule has 0 bridgehead atoms. The van der Waals surface area contributed by atoms with E-state index in [1.165, 1.54) is 11.8 Å². The molecule has 0 aromatic heterocycles. The first-order chi connectivity index (χ1) is 9.90. The Bertz CT molecular complexity index is 527. The first-order valence-corrected chi connectivity index (χ1v) is 6.59. The molecule has 0 spiro atoms. The van der Waals surface area contributed by atoms with Crippen molar-refractivity contribution in [3.05, 3.63) is 29.8 Å². The number of benzene rings is 1. The summed E-state index contributed by atoms with van der Waals surface area (Å²) in [6, 6.07) is 6.62. The highest BCUT2D eigenvalue weighted by Crippen LogP contribution is 2.13. The minimum absolute atomic E-state index is 0.0269. The topological polar surface area (TPSA) is 83.9 Å². The Labute approximate surface area is 123 Å². The Balaban J connectivity index is 2.43. The average Bonchev–Trinajstić information content (AvgIpc) is 2.44. The molecule has 114 valence electrons. The van der Waals surface area contributed by atoms with Gasteiger partial charge in [-0.2, -0.15) is 0 Å². The Kier molecular flexibility index (Phi) is 6.39. The van der Waals surface area contributed by atoms with E-state index in [4.69, 9.17) is 9.84 Å². The van der Waals surface area contributed by atoms with Crippen LogP contribution in [0.15, 0.2) is 24.3 Å². The predicted octanol–water partition coefficient (Wildman–Crippen LogP) is 1.59. The van der Waals surface area contributed by atoms with Gasteiger partial charge in [-0.15, -0.1) is 0 Å². The molecule has 1 rings (SSSR count). The van der Waals surface area contributed by atoms with Crippen LogP contribution in [0.5, 0.6) is 5.75 Å². The van der Waals surface area contributed by atoms with Gasteiger partial charge in [-0.1, -0.05) is 12.1 Å². The van der Waals surface area contributed by atoms with Crippen LogP contribution in [0, 0.1) is 0 Å². The third-order valence-electron chi connectivity index (χ3n) is 2.91. The largest absolute Gasteiger partial charge is 0.484 e. The predicted molar refractivity (Wildman–Crippen MR) is 76.4 cm³/mol. The first kappa shape index (κ1) is 16.7. The average molecular weight is 293 g/mol. The minimum atomic E-state index is -0.881. The van der Waals surface area contributed by atoms with Crippen LogP contribution in [0.3, 0.4) is 0 Å². The van der Waals surface area contributed by atoms with Crippen molar-refractivity contribution >= 4 is 17.7 Å². The highest BCUT2D eigenvalue weighted by atomic mass is 16.5. The molecule has 0 saturated heterocycles. The van der Waals surface area contributed by atoms with Gasteiger partial charge >= 0.3 is 5.97 Å². The standard InChI is InChI=1S/C15H19NO5/c1-11(17)12-5-3-6-13(9-12)21-10-14(18)16(2)8-4-7-15(19)20/h3,5-6,9H,4,7-8,10H2,1-2H3,(H,19,20). The van der Waals surface area contributed by atoms with Crippen LogP contribution in [0.25, 0.3) is 0 Å². The second kappa shape index (κ2) is 8.04. The lowest BCUT2D eigenvalue weighted by Gasteiger charge is -2.17. The summed E-state index contributed by atoms with van der Waals surface area (Å²) in [5.74, 6) is -0.741. The summed E-state index contributed by atoms with van der Waals surface area (Å²) in [7, 11) is 1.60. The number of amides is 1. The summed E-state index contributed by atoms with van der Waals surface area (Å²) in [6.45, 7) is 1.67. The van der Waals surface area contributed by atoms with Crippen molar-refractivity contribution < 1.29 is 24.2 Å². The number of nitrogens with zero attached hydrogens (tertiary/aromatic N) is 1. The van der Waals surface area contributed by atoms with E-state index in [0.717, 1.165) is 0 Å². The van der Waals surface area contributed by atoms with E-state index in [1.54, 1.807) is 31.3 Å². The normalized spacial score (nSPS) is 10.0. The van der Waals surface area contributed by atoms with Crippen LogP contribution in [0.1, 0.15) is 30.1 Å². The Morgan fingerprint density at radius 2 is 2.00 bits per heavy atom. The van der Waals surface area contributed by atoms with Gasteiger partial charge in [0.25, 0.3) is 5.91 Å². The molecule has 0 aliphatic rings. The fourth-order valence-corrected chi connectivity index (χ4v) is 1.65. The van der Waals surface area contributed by atoms with Gasteiger partial charge in [0.1, 0.15) is 5.75 Å². The van der Waals surface area contributed by atoms with E-state index >= 15 is 0 Å². The molecule has 0 heterocycles. The molecule has 6 heteroatoms. The van der Waals surface area contributed by atoms with Gasteiger partial charge in [0.05, 0.1) is 0 Å². The van der Waals surface area contributed by atoms with Gasteiger partial charge in [-0.25, -0.2) is 0 Å². The lowest BCUT2D eigenvalue weighted by Crippen LogP contribution is -2.32. The van der Waals surface area contributed by atoms with Crippen LogP contribution in [0.4, 0.5) is 0 Å². The van der Waals surface area contributed by atoms with Crippen LogP contribution in [0.2, 0.25) is 0 Å². The number of rotatable bonds is 8. The molecule has 0 fully saturated rings. The number of ether oxygens (including phenoxy) is 1. The fraction of sp³-hybridized carbons (Fsp3) is 0.400. The first-order valence-electron chi connectivity index (χ1n) is 6.59. The fourth-order valence-electron chi connectivity index (χ4n) is 1.65. The summed E-state index contributed by atoms with van der Waals surface area (Å²) in [4.78, 5) is 34.9. The van der Waals surface area contributed by atoms with E-state index in [0.29, 0.717) is 24.3 Å². The molecule has 1 aromatic carbocycles. The highest BCUT2D eigenvalue weighted by Gasteiger charge is 2.10. The number of Topliss-reactive ketones (excluding diaryl/α,β-unsaturated/α-hetero) is 1. The van der Waals surface area contributed by atoms with Crippen molar-refractivity contribution in [3.63, 3.8) is 0 Å². The van der Waals surface area contributed by atoms with E-state index in [2.05, 4.69) is 0 Å². The van der Waals surface area contributed by atoms with E-state index in [1.807, 2.05) is 0 Å². The van der Waals surface area contributed by atoms with Crippen LogP contribution < -0.4 is 4.74 Å². The number of hydrogen-bond acceptors (Lipinski definition) is 4. The zero-order chi connectivity index (χ0) is 15.8. The van der Waals surface area contributed by atoms with Crippen molar-refractivity contribution in [2.75, 3.05) is 20.2 Å². The monoisotopic (exact) mass is 293 g/mol. The summed E-state index contributed by atoms with van der Waals surface area (Å²) in [5.41, 5.74) is 0.523. The third kappa shape index (κ3) is 6.07. The lowest BCUT2D eigenvalue weighted by molar-refractivity contribution is -0.138. The number of aliphatic carboxylic acids is 1.